The van der Waals surface area contributed by atoms with E-state index in [4.69, 9.17) is 14.2 Å². The summed E-state index contributed by atoms with van der Waals surface area (Å²) in [5.74, 6) is -0.353. The second-order valence-electron chi connectivity index (χ2n) is 7.05. The van der Waals surface area contributed by atoms with Crippen LogP contribution < -0.4 is 11.2 Å². The maximum absolute atomic E-state index is 12.1. The molecule has 27 heavy (non-hydrogen) atoms. The predicted octanol–water partition coefficient (Wildman–Crippen LogP) is 0.282. The van der Waals surface area contributed by atoms with Gasteiger partial charge in [0.05, 0.1) is 19.3 Å². The smallest absolute Gasteiger partial charge is 0.330 e. The lowest BCUT2D eigenvalue weighted by Crippen LogP contribution is -2.60. The van der Waals surface area contributed by atoms with Crippen molar-refractivity contribution in [3.05, 3.63) is 32.6 Å². The highest BCUT2D eigenvalue weighted by Crippen LogP contribution is 2.39. The maximum atomic E-state index is 12.1. The highest BCUT2D eigenvalue weighted by Gasteiger charge is 2.51. The Balaban J connectivity index is 1.73. The van der Waals surface area contributed by atoms with Crippen molar-refractivity contribution in [3.63, 3.8) is 0 Å². The summed E-state index contributed by atoms with van der Waals surface area (Å²) in [4.78, 5) is 37.5. The van der Waals surface area contributed by atoms with Crippen LogP contribution in [0.5, 0.6) is 0 Å². The molecule has 0 radical (unpaired) electrons. The topological polar surface area (TPSA) is 123 Å². The number of fused-ring (bicyclic) bond motifs is 1. The van der Waals surface area contributed by atoms with E-state index < -0.39 is 35.3 Å². The van der Waals surface area contributed by atoms with Gasteiger partial charge in [0.25, 0.3) is 5.56 Å². The number of aromatic amines is 1. The first-order valence-corrected chi connectivity index (χ1v) is 9.00. The van der Waals surface area contributed by atoms with Crippen molar-refractivity contribution in [1.29, 1.82) is 0 Å². The Morgan fingerprint density at radius 2 is 2.22 bits per heavy atom. The van der Waals surface area contributed by atoms with Crippen LogP contribution in [0.15, 0.2) is 15.8 Å². The molecule has 150 valence electrons. The quantitative estimate of drug-likeness (QED) is 0.695. The second kappa shape index (κ2) is 7.55. The monoisotopic (exact) mass is 383 g/mol. The molecule has 10 nitrogen and oxygen atoms in total. The molecular formula is C17H25N3O7. The van der Waals surface area contributed by atoms with Gasteiger partial charge in [0.2, 0.25) is 0 Å². The van der Waals surface area contributed by atoms with Crippen molar-refractivity contribution in [3.8, 4) is 0 Å². The van der Waals surface area contributed by atoms with Gasteiger partial charge in [0.15, 0.2) is 0 Å². The minimum atomic E-state index is -1.06. The van der Waals surface area contributed by atoms with Crippen LogP contribution in [0.2, 0.25) is 0 Å². The number of carbonyl (C=O) groups excluding carboxylic acids is 1. The summed E-state index contributed by atoms with van der Waals surface area (Å²) in [6.07, 6.45) is 1.09. The van der Waals surface area contributed by atoms with E-state index in [-0.39, 0.29) is 25.4 Å². The SMILES string of the molecule is CCOC(=O)CCC1(C)OC[C@H]2O[C@@H](n3cc(C)c(=O)[nH]c3=O)C[C@H]2N1O. The fourth-order valence-electron chi connectivity index (χ4n) is 3.53. The van der Waals surface area contributed by atoms with E-state index in [1.807, 2.05) is 0 Å². The molecule has 4 atom stereocenters. The Morgan fingerprint density at radius 1 is 1.48 bits per heavy atom. The number of esters is 1. The normalized spacial score (nSPS) is 30.9. The standard InChI is InChI=1S/C17H25N3O7/c1-4-25-14(21)5-6-17(3)20(24)11-7-13(27-12(11)9-26-17)19-8-10(2)15(22)18-16(19)23/h8,11-13,24H,4-7,9H2,1-3H3,(H,18,22,23)/t11-,12-,13-,17?/m1/s1. The fraction of sp³-hybridized carbons (Fsp3) is 0.706. The number of hydrogen-bond donors (Lipinski definition) is 2. The van der Waals surface area contributed by atoms with Crippen molar-refractivity contribution in [2.75, 3.05) is 13.2 Å². The molecule has 0 saturated carbocycles. The Labute approximate surface area is 155 Å². The third kappa shape index (κ3) is 3.84. The van der Waals surface area contributed by atoms with Crippen molar-refractivity contribution >= 4 is 5.97 Å². The van der Waals surface area contributed by atoms with Crippen LogP contribution in [-0.4, -0.2) is 56.9 Å². The fourth-order valence-corrected chi connectivity index (χ4v) is 3.53. The Bertz CT molecular complexity index is 819. The lowest BCUT2D eigenvalue weighted by Gasteiger charge is -2.45. The van der Waals surface area contributed by atoms with Crippen LogP contribution in [0, 0.1) is 6.92 Å². The lowest BCUT2D eigenvalue weighted by molar-refractivity contribution is -0.336. The molecule has 2 N–H and O–H groups in total. The third-order valence-corrected chi connectivity index (χ3v) is 5.12. The molecule has 0 aromatic carbocycles. The van der Waals surface area contributed by atoms with Crippen LogP contribution in [0.1, 0.15) is 44.9 Å². The number of aryl methyl sites for hydroxylation is 1. The van der Waals surface area contributed by atoms with E-state index in [1.165, 1.54) is 10.8 Å². The van der Waals surface area contributed by atoms with Gasteiger partial charge >= 0.3 is 11.7 Å². The van der Waals surface area contributed by atoms with E-state index in [9.17, 15) is 19.6 Å². The average Bonchev–Trinajstić information content (AvgIpc) is 3.05. The average molecular weight is 383 g/mol. The molecule has 0 spiro atoms. The van der Waals surface area contributed by atoms with E-state index >= 15 is 0 Å². The summed E-state index contributed by atoms with van der Waals surface area (Å²) >= 11 is 0. The van der Waals surface area contributed by atoms with Crippen molar-refractivity contribution in [1.82, 2.24) is 14.6 Å². The van der Waals surface area contributed by atoms with E-state index in [2.05, 4.69) is 4.98 Å². The van der Waals surface area contributed by atoms with E-state index in [0.29, 0.717) is 18.6 Å². The minimum absolute atomic E-state index is 0.113. The number of hydrogen-bond acceptors (Lipinski definition) is 8. The Hall–Kier alpha value is -2.01. The summed E-state index contributed by atoms with van der Waals surface area (Å²) < 4.78 is 17.9. The van der Waals surface area contributed by atoms with Crippen molar-refractivity contribution < 1.29 is 24.2 Å². The molecule has 0 amide bonds. The van der Waals surface area contributed by atoms with Gasteiger partial charge in [-0.1, -0.05) is 0 Å². The Morgan fingerprint density at radius 3 is 2.93 bits per heavy atom. The summed E-state index contributed by atoms with van der Waals surface area (Å²) in [6.45, 7) is 5.55. The van der Waals surface area contributed by atoms with Gasteiger partial charge in [-0.3, -0.25) is 19.1 Å². The van der Waals surface area contributed by atoms with Crippen LogP contribution in [0.25, 0.3) is 0 Å². The van der Waals surface area contributed by atoms with Gasteiger partial charge < -0.3 is 19.4 Å². The number of aromatic nitrogens is 2. The summed E-state index contributed by atoms with van der Waals surface area (Å²) in [5, 5.41) is 11.8. The van der Waals surface area contributed by atoms with Crippen LogP contribution >= 0.6 is 0 Å². The first-order valence-electron chi connectivity index (χ1n) is 9.00. The van der Waals surface area contributed by atoms with Crippen LogP contribution in [-0.2, 0) is 19.0 Å². The largest absolute Gasteiger partial charge is 0.466 e. The Kier molecular flexibility index (Phi) is 5.52. The first-order chi connectivity index (χ1) is 12.7. The molecule has 1 unspecified atom stereocenters. The van der Waals surface area contributed by atoms with Gasteiger partial charge in [0, 0.05) is 31.0 Å². The van der Waals surface area contributed by atoms with Crippen molar-refractivity contribution in [2.24, 2.45) is 0 Å². The van der Waals surface area contributed by atoms with Gasteiger partial charge in [-0.15, -0.1) is 0 Å². The molecule has 1 aromatic heterocycles. The van der Waals surface area contributed by atoms with Crippen LogP contribution in [0.4, 0.5) is 0 Å². The van der Waals surface area contributed by atoms with Gasteiger partial charge in [-0.05, 0) is 20.8 Å². The van der Waals surface area contributed by atoms with E-state index in [1.54, 1.807) is 20.8 Å². The number of nitrogens with zero attached hydrogens (tertiary/aromatic N) is 2. The molecule has 2 aliphatic heterocycles. The molecule has 3 heterocycles. The molecule has 2 saturated heterocycles. The summed E-state index contributed by atoms with van der Waals surface area (Å²) in [6, 6.07) is -0.407. The number of nitrogens with one attached hydrogen (secondary N) is 1. The van der Waals surface area contributed by atoms with Crippen LogP contribution in [0.3, 0.4) is 0 Å². The highest BCUT2D eigenvalue weighted by atomic mass is 16.6. The molecule has 0 bridgehead atoms. The zero-order valence-corrected chi connectivity index (χ0v) is 15.6. The number of carbonyl (C=O) groups is 1. The predicted molar refractivity (Wildman–Crippen MR) is 92.2 cm³/mol. The summed E-state index contributed by atoms with van der Waals surface area (Å²) in [5.41, 5.74) is -1.67. The molecule has 2 fully saturated rings. The zero-order valence-electron chi connectivity index (χ0n) is 15.6. The zero-order chi connectivity index (χ0) is 19.8. The maximum Gasteiger partial charge on any atom is 0.330 e. The molecule has 0 aliphatic carbocycles. The second-order valence-corrected chi connectivity index (χ2v) is 7.05. The molecular weight excluding hydrogens is 358 g/mol. The first kappa shape index (κ1) is 19.7. The number of H-pyrrole nitrogens is 1. The number of ether oxygens (including phenoxy) is 3. The highest BCUT2D eigenvalue weighted by molar-refractivity contribution is 5.69. The molecule has 10 heteroatoms. The van der Waals surface area contributed by atoms with Gasteiger partial charge in [-0.25, -0.2) is 4.79 Å². The third-order valence-electron chi connectivity index (χ3n) is 5.12. The van der Waals surface area contributed by atoms with Gasteiger partial charge in [-0.2, -0.15) is 5.06 Å². The van der Waals surface area contributed by atoms with Crippen molar-refractivity contribution in [2.45, 2.75) is 64.1 Å². The summed E-state index contributed by atoms with van der Waals surface area (Å²) in [7, 11) is 0. The van der Waals surface area contributed by atoms with E-state index in [0.717, 1.165) is 5.06 Å². The number of hydroxylamine groups is 2. The number of rotatable bonds is 5. The lowest BCUT2D eigenvalue weighted by atomic mass is 10.0. The molecule has 2 aliphatic rings. The molecule has 3 rings (SSSR count). The van der Waals surface area contributed by atoms with Gasteiger partial charge in [0.1, 0.15) is 18.1 Å². The minimum Gasteiger partial charge on any atom is -0.466 e. The molecule has 1 aromatic rings.